The number of aromatic nitrogens is 2. The Bertz CT molecular complexity index is 597. The number of hydrogen-bond donors (Lipinski definition) is 0. The third kappa shape index (κ3) is 2.70. The molecule has 0 aliphatic carbocycles. The van der Waals surface area contributed by atoms with E-state index in [1.165, 1.54) is 10.9 Å². The molecule has 0 N–H and O–H groups in total. The lowest BCUT2D eigenvalue weighted by molar-refractivity contribution is -0.137. The molecule has 1 heterocycles. The van der Waals surface area contributed by atoms with Crippen molar-refractivity contribution in [3.63, 3.8) is 0 Å². The molecule has 3 nitrogen and oxygen atoms in total. The smallest absolute Gasteiger partial charge is 0.287 e. The van der Waals surface area contributed by atoms with Gasteiger partial charge in [0, 0.05) is 12.6 Å². The van der Waals surface area contributed by atoms with Gasteiger partial charge in [0.2, 0.25) is 5.78 Å². The van der Waals surface area contributed by atoms with E-state index in [1.54, 1.807) is 7.05 Å². The molecule has 0 unspecified atom stereocenters. The summed E-state index contributed by atoms with van der Waals surface area (Å²) in [5.41, 5.74) is -0.315. The second-order valence-corrected chi connectivity index (χ2v) is 4.72. The van der Waals surface area contributed by atoms with Crippen LogP contribution in [0.5, 0.6) is 0 Å². The van der Waals surface area contributed by atoms with Crippen molar-refractivity contribution in [2.75, 3.05) is 0 Å². The summed E-state index contributed by atoms with van der Waals surface area (Å²) < 4.78 is 39.1. The van der Waals surface area contributed by atoms with E-state index in [-0.39, 0.29) is 11.3 Å². The number of hydrogen-bond acceptors (Lipinski definition) is 2. The van der Waals surface area contributed by atoms with Crippen molar-refractivity contribution in [3.8, 4) is 0 Å². The summed E-state index contributed by atoms with van der Waals surface area (Å²) in [4.78, 5) is 12.1. The number of carbonyl (C=O) groups excluding carboxylic acids is 1. The molecule has 0 bridgehead atoms. The normalized spacial score (nSPS) is 11.6. The highest BCUT2D eigenvalue weighted by Crippen LogP contribution is 2.29. The van der Waals surface area contributed by atoms with E-state index in [1.807, 2.05) is 0 Å². The Kier molecular flexibility index (Phi) is 3.49. The van der Waals surface area contributed by atoms with Crippen molar-refractivity contribution in [1.82, 2.24) is 9.78 Å². The first-order valence-corrected chi connectivity index (χ1v) is 5.99. The molecule has 0 radical (unpaired) electrons. The largest absolute Gasteiger partial charge is 0.416 e. The zero-order valence-electron chi connectivity index (χ0n) is 9.70. The molecular formula is C12H8BrF3N2O. The lowest BCUT2D eigenvalue weighted by Gasteiger charge is -2.07. The molecule has 0 amide bonds. The molecular weight excluding hydrogens is 325 g/mol. The van der Waals surface area contributed by atoms with E-state index in [4.69, 9.17) is 0 Å². The van der Waals surface area contributed by atoms with E-state index in [0.29, 0.717) is 10.2 Å². The number of halogens is 4. The standard InChI is InChI=1S/C12H8BrF3N2O/c1-18-10(9(13)6-17-18)11(19)7-2-4-8(5-3-7)12(14,15)16/h2-6H,1H3. The average Bonchev–Trinajstić information content (AvgIpc) is 2.67. The lowest BCUT2D eigenvalue weighted by atomic mass is 10.1. The van der Waals surface area contributed by atoms with Crippen molar-refractivity contribution in [3.05, 3.63) is 51.8 Å². The third-order valence-corrected chi connectivity index (χ3v) is 3.16. The monoisotopic (exact) mass is 332 g/mol. The van der Waals surface area contributed by atoms with Crippen molar-refractivity contribution < 1.29 is 18.0 Å². The van der Waals surface area contributed by atoms with E-state index in [9.17, 15) is 18.0 Å². The summed E-state index contributed by atoms with van der Waals surface area (Å²) in [7, 11) is 1.59. The van der Waals surface area contributed by atoms with Crippen LogP contribution in [0, 0.1) is 0 Å². The van der Waals surface area contributed by atoms with Gasteiger partial charge in [0.1, 0.15) is 5.69 Å². The van der Waals surface area contributed by atoms with E-state index < -0.39 is 11.7 Å². The maximum Gasteiger partial charge on any atom is 0.416 e. The maximum absolute atomic E-state index is 12.4. The first kappa shape index (κ1) is 13.8. The van der Waals surface area contributed by atoms with E-state index in [2.05, 4.69) is 21.0 Å². The third-order valence-electron chi connectivity index (χ3n) is 2.58. The van der Waals surface area contributed by atoms with Crippen LogP contribution in [-0.4, -0.2) is 15.6 Å². The molecule has 0 aliphatic rings. The van der Waals surface area contributed by atoms with Gasteiger partial charge >= 0.3 is 6.18 Å². The quantitative estimate of drug-likeness (QED) is 0.790. The van der Waals surface area contributed by atoms with Gasteiger partial charge in [-0.2, -0.15) is 18.3 Å². The van der Waals surface area contributed by atoms with Gasteiger partial charge < -0.3 is 0 Å². The van der Waals surface area contributed by atoms with Gasteiger partial charge in [-0.1, -0.05) is 12.1 Å². The van der Waals surface area contributed by atoms with Crippen LogP contribution >= 0.6 is 15.9 Å². The van der Waals surface area contributed by atoms with Crippen LogP contribution in [0.1, 0.15) is 21.6 Å². The lowest BCUT2D eigenvalue weighted by Crippen LogP contribution is -2.10. The predicted molar refractivity (Wildman–Crippen MR) is 65.8 cm³/mol. The molecule has 2 aromatic rings. The predicted octanol–water partition coefficient (Wildman–Crippen LogP) is 3.43. The first-order chi connectivity index (χ1) is 8.80. The van der Waals surface area contributed by atoms with Crippen LogP contribution in [0.25, 0.3) is 0 Å². The van der Waals surface area contributed by atoms with Crippen LogP contribution in [0.2, 0.25) is 0 Å². The zero-order chi connectivity index (χ0) is 14.2. The van der Waals surface area contributed by atoms with Crippen molar-refractivity contribution in [2.24, 2.45) is 7.05 Å². The van der Waals surface area contributed by atoms with Crippen molar-refractivity contribution in [1.29, 1.82) is 0 Å². The minimum absolute atomic E-state index is 0.178. The Morgan fingerprint density at radius 3 is 2.26 bits per heavy atom. The highest BCUT2D eigenvalue weighted by Gasteiger charge is 2.30. The number of ketones is 1. The first-order valence-electron chi connectivity index (χ1n) is 5.20. The maximum atomic E-state index is 12.4. The summed E-state index contributed by atoms with van der Waals surface area (Å²) in [6.45, 7) is 0. The van der Waals surface area contributed by atoms with Gasteiger partial charge in [0.25, 0.3) is 0 Å². The average molecular weight is 333 g/mol. The summed E-state index contributed by atoms with van der Waals surface area (Å²) >= 11 is 3.18. The number of nitrogens with zero attached hydrogens (tertiary/aromatic N) is 2. The minimum atomic E-state index is -4.41. The summed E-state index contributed by atoms with van der Waals surface area (Å²) in [6, 6.07) is 4.09. The molecule has 2 rings (SSSR count). The Morgan fingerprint density at radius 1 is 1.26 bits per heavy atom. The second kappa shape index (κ2) is 4.80. The van der Waals surface area contributed by atoms with Gasteiger partial charge in [-0.25, -0.2) is 0 Å². The van der Waals surface area contributed by atoms with Crippen molar-refractivity contribution in [2.45, 2.75) is 6.18 Å². The zero-order valence-corrected chi connectivity index (χ0v) is 11.3. The minimum Gasteiger partial charge on any atom is -0.287 e. The number of alkyl halides is 3. The van der Waals surface area contributed by atoms with Gasteiger partial charge in [-0.3, -0.25) is 9.48 Å². The summed E-state index contributed by atoms with van der Waals surface area (Å²) in [5, 5.41) is 3.89. The Labute approximate surface area is 115 Å². The van der Waals surface area contributed by atoms with Gasteiger partial charge in [-0.05, 0) is 28.1 Å². The molecule has 1 aromatic carbocycles. The number of rotatable bonds is 2. The van der Waals surface area contributed by atoms with Crippen LogP contribution in [0.4, 0.5) is 13.2 Å². The molecule has 0 fully saturated rings. The van der Waals surface area contributed by atoms with Crippen molar-refractivity contribution >= 4 is 21.7 Å². The molecule has 0 saturated carbocycles. The highest BCUT2D eigenvalue weighted by molar-refractivity contribution is 9.10. The SMILES string of the molecule is Cn1ncc(Br)c1C(=O)c1ccc(C(F)(F)F)cc1. The van der Waals surface area contributed by atoms with Gasteiger partial charge in [0.15, 0.2) is 0 Å². The van der Waals surface area contributed by atoms with Crippen LogP contribution < -0.4 is 0 Å². The van der Waals surface area contributed by atoms with E-state index >= 15 is 0 Å². The van der Waals surface area contributed by atoms with Gasteiger partial charge in [0.05, 0.1) is 16.2 Å². The Morgan fingerprint density at radius 2 is 1.84 bits per heavy atom. The van der Waals surface area contributed by atoms with Gasteiger partial charge in [-0.15, -0.1) is 0 Å². The molecule has 100 valence electrons. The fourth-order valence-electron chi connectivity index (χ4n) is 1.61. The van der Waals surface area contributed by atoms with Crippen LogP contribution in [0.15, 0.2) is 34.9 Å². The van der Waals surface area contributed by atoms with Crippen LogP contribution in [0.3, 0.4) is 0 Å². The molecule has 0 aliphatic heterocycles. The number of carbonyl (C=O) groups is 1. The fourth-order valence-corrected chi connectivity index (χ4v) is 2.14. The molecule has 0 atom stereocenters. The van der Waals surface area contributed by atoms with Crippen LogP contribution in [-0.2, 0) is 13.2 Å². The Balaban J connectivity index is 2.36. The fraction of sp³-hybridized carbons (Fsp3) is 0.167. The topological polar surface area (TPSA) is 34.9 Å². The summed E-state index contributed by atoms with van der Waals surface area (Å²) in [5.74, 6) is -0.388. The second-order valence-electron chi connectivity index (χ2n) is 3.87. The summed E-state index contributed by atoms with van der Waals surface area (Å²) in [6.07, 6.45) is -2.95. The molecule has 1 aromatic heterocycles. The number of benzene rings is 1. The van der Waals surface area contributed by atoms with E-state index in [0.717, 1.165) is 24.3 Å². The molecule has 0 spiro atoms. The molecule has 0 saturated heterocycles. The molecule has 7 heteroatoms. The Hall–Kier alpha value is -1.63. The highest BCUT2D eigenvalue weighted by atomic mass is 79.9. The number of aryl methyl sites for hydroxylation is 1. The molecule has 19 heavy (non-hydrogen) atoms.